The van der Waals surface area contributed by atoms with Gasteiger partial charge in [-0.3, -0.25) is 4.79 Å². The second-order valence-corrected chi connectivity index (χ2v) is 7.11. The summed E-state index contributed by atoms with van der Waals surface area (Å²) in [7, 11) is 0. The molecule has 0 spiro atoms. The van der Waals surface area contributed by atoms with Gasteiger partial charge in [0.05, 0.1) is 20.3 Å². The molecule has 1 fully saturated rings. The van der Waals surface area contributed by atoms with Crippen molar-refractivity contribution in [2.24, 2.45) is 5.92 Å². The van der Waals surface area contributed by atoms with E-state index >= 15 is 0 Å². The number of halogens is 1. The lowest BCUT2D eigenvalue weighted by atomic mass is 10.2. The second-order valence-electron chi connectivity index (χ2n) is 4.64. The molecule has 0 saturated heterocycles. The van der Waals surface area contributed by atoms with Gasteiger partial charge in [-0.15, -0.1) is 11.3 Å². The molecule has 0 bridgehead atoms. The summed E-state index contributed by atoms with van der Waals surface area (Å²) in [5.74, 6) is -0.438. The second kappa shape index (κ2) is 4.68. The molecular weight excluding hydrogens is 328 g/mol. The highest BCUT2D eigenvalue weighted by Crippen LogP contribution is 2.46. The van der Waals surface area contributed by atoms with Gasteiger partial charge in [0, 0.05) is 11.6 Å². The number of hydrogen-bond acceptors (Lipinski definition) is 4. The van der Waals surface area contributed by atoms with Crippen molar-refractivity contribution in [3.63, 3.8) is 0 Å². The molecule has 4 nitrogen and oxygen atoms in total. The van der Waals surface area contributed by atoms with Crippen molar-refractivity contribution in [1.82, 2.24) is 9.97 Å². The molecule has 0 aliphatic heterocycles. The van der Waals surface area contributed by atoms with Crippen LogP contribution in [0.1, 0.15) is 23.9 Å². The van der Waals surface area contributed by atoms with Gasteiger partial charge in [0.2, 0.25) is 0 Å². The lowest BCUT2D eigenvalue weighted by molar-refractivity contribution is -0.138. The van der Waals surface area contributed by atoms with Gasteiger partial charge in [-0.05, 0) is 47.5 Å². The molecule has 2 unspecified atom stereocenters. The van der Waals surface area contributed by atoms with Gasteiger partial charge in [-0.2, -0.15) is 0 Å². The van der Waals surface area contributed by atoms with E-state index in [0.29, 0.717) is 12.2 Å². The molecule has 1 N–H and O–H groups in total. The predicted octanol–water partition coefficient (Wildman–Crippen LogP) is 3.46. The van der Waals surface area contributed by atoms with Gasteiger partial charge in [-0.1, -0.05) is 0 Å². The summed E-state index contributed by atoms with van der Waals surface area (Å²) in [6.45, 7) is 1.91. The van der Waals surface area contributed by atoms with Crippen LogP contribution in [0.3, 0.4) is 0 Å². The minimum Gasteiger partial charge on any atom is -0.481 e. The quantitative estimate of drug-likeness (QED) is 0.930. The van der Waals surface area contributed by atoms with Gasteiger partial charge in [0.1, 0.15) is 5.82 Å². The summed E-state index contributed by atoms with van der Waals surface area (Å²) in [4.78, 5) is 20.9. The molecule has 1 aliphatic carbocycles. The Kier molecular flexibility index (Phi) is 3.14. The number of carbonyl (C=O) groups is 1. The highest BCUT2D eigenvalue weighted by molar-refractivity contribution is 9.11. The number of aliphatic carboxylic acids is 1. The van der Waals surface area contributed by atoms with Gasteiger partial charge in [0.15, 0.2) is 0 Å². The van der Waals surface area contributed by atoms with Crippen LogP contribution >= 0.6 is 27.3 Å². The normalized spacial score (nSPS) is 21.4. The lowest BCUT2D eigenvalue weighted by Gasteiger charge is -2.03. The van der Waals surface area contributed by atoms with Crippen LogP contribution in [0.4, 0.5) is 0 Å². The first-order valence-electron chi connectivity index (χ1n) is 5.88. The Balaban J connectivity index is 1.95. The average Bonchev–Trinajstić information content (AvgIpc) is 3.05. The van der Waals surface area contributed by atoms with E-state index in [1.54, 1.807) is 11.3 Å². The standard InChI is InChI=1S/C13H11BrN2O2S/c1-6-4-9(10-2-3-11(14)19-10)16-12(15-6)7-5-8(7)13(17)18/h2-4,7-8H,5H2,1H3,(H,17,18). The fourth-order valence-electron chi connectivity index (χ4n) is 2.09. The van der Waals surface area contributed by atoms with E-state index in [1.165, 1.54) is 0 Å². The molecule has 2 aromatic rings. The molecule has 19 heavy (non-hydrogen) atoms. The number of thiophene rings is 1. The van der Waals surface area contributed by atoms with E-state index in [2.05, 4.69) is 25.9 Å². The zero-order valence-corrected chi connectivity index (χ0v) is 12.5. The fourth-order valence-corrected chi connectivity index (χ4v) is 3.44. The highest BCUT2D eigenvalue weighted by Gasteiger charge is 2.46. The minimum absolute atomic E-state index is 0.0282. The molecular formula is C13H11BrN2O2S. The van der Waals surface area contributed by atoms with Crippen LogP contribution in [0.2, 0.25) is 0 Å². The molecule has 2 atom stereocenters. The Bertz CT molecular complexity index is 656. The molecule has 6 heteroatoms. The molecule has 3 rings (SSSR count). The van der Waals surface area contributed by atoms with Crippen molar-refractivity contribution >= 4 is 33.2 Å². The maximum atomic E-state index is 10.9. The first-order chi connectivity index (χ1) is 9.04. The first kappa shape index (κ1) is 12.7. The van der Waals surface area contributed by atoms with E-state index in [9.17, 15) is 4.79 Å². The molecule has 2 heterocycles. The number of carboxylic acid groups (broad SMARTS) is 1. The number of aromatic nitrogens is 2. The Morgan fingerprint density at radius 1 is 1.47 bits per heavy atom. The SMILES string of the molecule is Cc1cc(-c2ccc(Br)s2)nc(C2CC2C(=O)O)n1. The summed E-state index contributed by atoms with van der Waals surface area (Å²) >= 11 is 5.04. The van der Waals surface area contributed by atoms with Crippen LogP contribution < -0.4 is 0 Å². The smallest absolute Gasteiger partial charge is 0.307 e. The van der Waals surface area contributed by atoms with Crippen molar-refractivity contribution in [3.8, 4) is 10.6 Å². The molecule has 1 aliphatic rings. The monoisotopic (exact) mass is 338 g/mol. The number of hydrogen-bond donors (Lipinski definition) is 1. The van der Waals surface area contributed by atoms with Crippen molar-refractivity contribution in [1.29, 1.82) is 0 Å². The van der Waals surface area contributed by atoms with Gasteiger partial charge in [0.25, 0.3) is 0 Å². The zero-order valence-electron chi connectivity index (χ0n) is 10.1. The molecule has 0 aromatic carbocycles. The summed E-state index contributed by atoms with van der Waals surface area (Å²) in [5.41, 5.74) is 1.75. The molecule has 98 valence electrons. The minimum atomic E-state index is -0.754. The summed E-state index contributed by atoms with van der Waals surface area (Å²) in [6, 6.07) is 5.91. The van der Waals surface area contributed by atoms with E-state index in [4.69, 9.17) is 5.11 Å². The third kappa shape index (κ3) is 2.55. The van der Waals surface area contributed by atoms with Crippen molar-refractivity contribution < 1.29 is 9.90 Å². The Labute approximate surface area is 122 Å². The molecule has 1 saturated carbocycles. The van der Waals surface area contributed by atoms with Crippen molar-refractivity contribution in [2.45, 2.75) is 19.3 Å². The van der Waals surface area contributed by atoms with Crippen LogP contribution in [0.15, 0.2) is 22.0 Å². The van der Waals surface area contributed by atoms with Gasteiger partial charge < -0.3 is 5.11 Å². The fraction of sp³-hybridized carbons (Fsp3) is 0.308. The van der Waals surface area contributed by atoms with Crippen LogP contribution in [0, 0.1) is 12.8 Å². The topological polar surface area (TPSA) is 63.1 Å². The predicted molar refractivity (Wildman–Crippen MR) is 76.3 cm³/mol. The maximum absolute atomic E-state index is 10.9. The largest absolute Gasteiger partial charge is 0.481 e. The van der Waals surface area contributed by atoms with Crippen LogP contribution in [0.5, 0.6) is 0 Å². The molecule has 0 radical (unpaired) electrons. The van der Waals surface area contributed by atoms with Gasteiger partial charge >= 0.3 is 5.97 Å². The maximum Gasteiger partial charge on any atom is 0.307 e. The van der Waals surface area contributed by atoms with E-state index in [1.807, 2.05) is 25.1 Å². The Hall–Kier alpha value is -1.27. The summed E-state index contributed by atoms with van der Waals surface area (Å²) < 4.78 is 1.05. The van der Waals surface area contributed by atoms with E-state index < -0.39 is 5.97 Å². The summed E-state index contributed by atoms with van der Waals surface area (Å²) in [5, 5.41) is 8.98. The van der Waals surface area contributed by atoms with Crippen LogP contribution in [-0.2, 0) is 4.79 Å². The third-order valence-electron chi connectivity index (χ3n) is 3.14. The Morgan fingerprint density at radius 3 is 2.84 bits per heavy atom. The lowest BCUT2D eigenvalue weighted by Crippen LogP contribution is -2.03. The third-order valence-corrected chi connectivity index (χ3v) is 4.78. The van der Waals surface area contributed by atoms with Crippen LogP contribution in [0.25, 0.3) is 10.6 Å². The highest BCUT2D eigenvalue weighted by atomic mass is 79.9. The number of nitrogens with zero attached hydrogens (tertiary/aromatic N) is 2. The summed E-state index contributed by atoms with van der Waals surface area (Å²) in [6.07, 6.45) is 0.645. The number of rotatable bonds is 3. The van der Waals surface area contributed by atoms with Crippen molar-refractivity contribution in [2.75, 3.05) is 0 Å². The van der Waals surface area contributed by atoms with Crippen LogP contribution in [-0.4, -0.2) is 21.0 Å². The zero-order chi connectivity index (χ0) is 13.6. The number of carboxylic acids is 1. The average molecular weight is 339 g/mol. The van der Waals surface area contributed by atoms with Gasteiger partial charge in [-0.25, -0.2) is 9.97 Å². The number of aryl methyl sites for hydroxylation is 1. The van der Waals surface area contributed by atoms with Crippen molar-refractivity contribution in [3.05, 3.63) is 33.5 Å². The van der Waals surface area contributed by atoms with E-state index in [0.717, 1.165) is 20.1 Å². The Morgan fingerprint density at radius 2 is 2.26 bits per heavy atom. The molecule has 0 amide bonds. The molecule has 2 aromatic heterocycles. The van der Waals surface area contributed by atoms with E-state index in [-0.39, 0.29) is 11.8 Å². The first-order valence-corrected chi connectivity index (χ1v) is 7.49.